The molecule has 33 heavy (non-hydrogen) atoms. The molecule has 2 N–H and O–H groups in total. The van der Waals surface area contributed by atoms with Gasteiger partial charge in [0.2, 0.25) is 0 Å². The predicted octanol–water partition coefficient (Wildman–Crippen LogP) is 3.46. The highest BCUT2D eigenvalue weighted by Crippen LogP contribution is 2.44. The van der Waals surface area contributed by atoms with Gasteiger partial charge < -0.3 is 15.2 Å². The number of carboxylic acid groups (broad SMARTS) is 1. The molecule has 0 atom stereocenters. The molecule has 9 nitrogen and oxygen atoms in total. The van der Waals surface area contributed by atoms with Crippen molar-refractivity contribution in [3.8, 4) is 11.1 Å². The van der Waals surface area contributed by atoms with Crippen LogP contribution < -0.4 is 5.32 Å². The summed E-state index contributed by atoms with van der Waals surface area (Å²) in [5.74, 6) is -0.725. The van der Waals surface area contributed by atoms with Gasteiger partial charge >= 0.3 is 12.1 Å². The molecule has 1 saturated carbocycles. The fraction of sp³-hybridized carbons (Fsp3) is 0.375. The van der Waals surface area contributed by atoms with Crippen molar-refractivity contribution in [1.29, 1.82) is 0 Å². The zero-order valence-corrected chi connectivity index (χ0v) is 18.1. The molecule has 170 valence electrons. The van der Waals surface area contributed by atoms with Crippen molar-refractivity contribution in [3.63, 3.8) is 0 Å². The van der Waals surface area contributed by atoms with E-state index in [4.69, 9.17) is 4.74 Å². The first-order valence-electron chi connectivity index (χ1n) is 11.2. The van der Waals surface area contributed by atoms with Gasteiger partial charge in [-0.15, -0.1) is 5.10 Å². The third-order valence-electron chi connectivity index (χ3n) is 6.64. The number of tetrazole rings is 1. The van der Waals surface area contributed by atoms with Gasteiger partial charge in [-0.05, 0) is 45.5 Å². The van der Waals surface area contributed by atoms with E-state index in [1.165, 1.54) is 15.8 Å². The summed E-state index contributed by atoms with van der Waals surface area (Å²) in [5, 5.41) is 23.8. The van der Waals surface area contributed by atoms with Crippen LogP contribution in [0.2, 0.25) is 0 Å². The minimum Gasteiger partial charge on any atom is -0.480 e. The van der Waals surface area contributed by atoms with E-state index >= 15 is 0 Å². The van der Waals surface area contributed by atoms with Crippen LogP contribution in [0.25, 0.3) is 11.1 Å². The molecule has 1 amide bonds. The number of hydrogen-bond acceptors (Lipinski definition) is 6. The molecule has 0 radical (unpaired) electrons. The molecule has 2 aromatic carbocycles. The summed E-state index contributed by atoms with van der Waals surface area (Å²) in [5.41, 5.74) is 3.77. The van der Waals surface area contributed by atoms with Gasteiger partial charge in [-0.3, -0.25) is 4.79 Å². The van der Waals surface area contributed by atoms with Crippen LogP contribution in [0.5, 0.6) is 0 Å². The van der Waals surface area contributed by atoms with Crippen LogP contribution in [-0.4, -0.2) is 44.0 Å². The Morgan fingerprint density at radius 2 is 1.67 bits per heavy atom. The lowest BCUT2D eigenvalue weighted by Gasteiger charge is -2.36. The third kappa shape index (κ3) is 3.94. The number of aromatic nitrogens is 4. The van der Waals surface area contributed by atoms with Gasteiger partial charge in [0.05, 0.1) is 0 Å². The Balaban J connectivity index is 1.35. The Bertz CT molecular complexity index is 1140. The molecule has 9 heteroatoms. The number of benzene rings is 2. The number of nitrogens with zero attached hydrogens (tertiary/aromatic N) is 4. The summed E-state index contributed by atoms with van der Waals surface area (Å²) in [6.07, 6.45) is 3.49. The van der Waals surface area contributed by atoms with Gasteiger partial charge in [0.15, 0.2) is 5.82 Å². The summed E-state index contributed by atoms with van der Waals surface area (Å²) in [4.78, 5) is 24.2. The summed E-state index contributed by atoms with van der Waals surface area (Å²) in [6, 6.07) is 16.3. The minimum absolute atomic E-state index is 0.0391. The van der Waals surface area contributed by atoms with Crippen LogP contribution in [-0.2, 0) is 21.6 Å². The van der Waals surface area contributed by atoms with Crippen molar-refractivity contribution in [2.24, 2.45) is 0 Å². The van der Waals surface area contributed by atoms with E-state index in [1.807, 2.05) is 24.3 Å². The number of amides is 1. The number of carbonyl (C=O) groups excluding carboxylic acids is 1. The largest absolute Gasteiger partial charge is 0.480 e. The first-order chi connectivity index (χ1) is 16.1. The van der Waals surface area contributed by atoms with Crippen LogP contribution in [0.4, 0.5) is 4.79 Å². The van der Waals surface area contributed by atoms with Crippen LogP contribution in [0.15, 0.2) is 48.5 Å². The zero-order chi connectivity index (χ0) is 22.8. The molecular formula is C24H25N5O4. The monoisotopic (exact) mass is 447 g/mol. The maximum Gasteiger partial charge on any atom is 0.407 e. The fourth-order valence-electron chi connectivity index (χ4n) is 5.17. The number of nitrogens with one attached hydrogen (secondary N) is 1. The second-order valence-corrected chi connectivity index (χ2v) is 8.65. The molecule has 0 spiro atoms. The quantitative estimate of drug-likeness (QED) is 0.594. The van der Waals surface area contributed by atoms with Gasteiger partial charge in [-0.2, -0.15) is 0 Å². The summed E-state index contributed by atoms with van der Waals surface area (Å²) in [7, 11) is 0. The standard InChI is InChI=1S/C24H25N5O4/c30-21(31)14-29-22(26-27-28-29)24(12-6-1-7-13-24)25-23(32)33-15-20-18-10-4-2-8-16(18)17-9-3-5-11-19(17)20/h2-5,8-11,20H,1,6-7,12-15H2,(H,25,32)(H,30,31). The topological polar surface area (TPSA) is 119 Å². The number of hydrogen-bond donors (Lipinski definition) is 2. The van der Waals surface area contributed by atoms with Gasteiger partial charge in [0.25, 0.3) is 0 Å². The van der Waals surface area contributed by atoms with Crippen LogP contribution >= 0.6 is 0 Å². The van der Waals surface area contributed by atoms with Crippen molar-refractivity contribution >= 4 is 12.1 Å². The average Bonchev–Trinajstić information content (AvgIpc) is 3.41. The third-order valence-corrected chi connectivity index (χ3v) is 6.64. The first-order valence-corrected chi connectivity index (χ1v) is 11.2. The van der Waals surface area contributed by atoms with E-state index in [-0.39, 0.29) is 19.1 Å². The molecule has 0 saturated heterocycles. The lowest BCUT2D eigenvalue weighted by atomic mass is 9.81. The normalized spacial score (nSPS) is 16.6. The maximum atomic E-state index is 13.0. The Morgan fingerprint density at radius 1 is 1.03 bits per heavy atom. The molecule has 2 aliphatic rings. The molecule has 5 rings (SSSR count). The Labute approximate surface area is 190 Å². The van der Waals surface area contributed by atoms with Crippen molar-refractivity contribution in [2.75, 3.05) is 6.61 Å². The van der Waals surface area contributed by atoms with E-state index in [0.717, 1.165) is 30.4 Å². The zero-order valence-electron chi connectivity index (χ0n) is 18.1. The van der Waals surface area contributed by atoms with Crippen molar-refractivity contribution < 1.29 is 19.4 Å². The highest BCUT2D eigenvalue weighted by atomic mass is 16.5. The molecule has 1 aromatic heterocycles. The Hall–Kier alpha value is -3.75. The number of carboxylic acids is 1. The number of alkyl carbamates (subject to hydrolysis) is 1. The van der Waals surface area contributed by atoms with E-state index in [0.29, 0.717) is 18.7 Å². The van der Waals surface area contributed by atoms with Crippen molar-refractivity contribution in [1.82, 2.24) is 25.5 Å². The molecule has 0 unspecified atom stereocenters. The van der Waals surface area contributed by atoms with Crippen LogP contribution in [0, 0.1) is 0 Å². The second kappa shape index (κ2) is 8.65. The summed E-state index contributed by atoms with van der Waals surface area (Å²) < 4.78 is 6.99. The Kier molecular flexibility index (Phi) is 5.53. The van der Waals surface area contributed by atoms with Gasteiger partial charge in [0.1, 0.15) is 18.7 Å². The predicted molar refractivity (Wildman–Crippen MR) is 118 cm³/mol. The second-order valence-electron chi connectivity index (χ2n) is 8.65. The number of aliphatic carboxylic acids is 1. The molecule has 0 aliphatic heterocycles. The SMILES string of the molecule is O=C(O)Cn1nnnc1C1(NC(=O)OCC2c3ccccc3-c3ccccc32)CCCCC1. The van der Waals surface area contributed by atoms with E-state index in [9.17, 15) is 14.7 Å². The van der Waals surface area contributed by atoms with Crippen molar-refractivity contribution in [2.45, 2.75) is 50.1 Å². The summed E-state index contributed by atoms with van der Waals surface area (Å²) >= 11 is 0. The van der Waals surface area contributed by atoms with Crippen LogP contribution in [0.3, 0.4) is 0 Å². The fourth-order valence-corrected chi connectivity index (χ4v) is 5.17. The number of carbonyl (C=O) groups is 2. The molecule has 1 fully saturated rings. The highest BCUT2D eigenvalue weighted by Gasteiger charge is 2.41. The van der Waals surface area contributed by atoms with E-state index < -0.39 is 17.6 Å². The van der Waals surface area contributed by atoms with E-state index in [2.05, 4.69) is 45.1 Å². The van der Waals surface area contributed by atoms with Gasteiger partial charge in [-0.1, -0.05) is 67.8 Å². The first kappa shape index (κ1) is 21.1. The van der Waals surface area contributed by atoms with Crippen molar-refractivity contribution in [3.05, 3.63) is 65.5 Å². The van der Waals surface area contributed by atoms with Crippen LogP contribution in [0.1, 0.15) is 55.0 Å². The Morgan fingerprint density at radius 3 is 2.30 bits per heavy atom. The molecular weight excluding hydrogens is 422 g/mol. The average molecular weight is 447 g/mol. The lowest BCUT2D eigenvalue weighted by Crippen LogP contribution is -2.49. The molecule has 1 heterocycles. The minimum atomic E-state index is -1.05. The van der Waals surface area contributed by atoms with E-state index in [1.54, 1.807) is 0 Å². The number of rotatable bonds is 6. The van der Waals surface area contributed by atoms with Gasteiger partial charge in [-0.25, -0.2) is 9.48 Å². The van der Waals surface area contributed by atoms with Gasteiger partial charge in [0, 0.05) is 5.92 Å². The summed E-state index contributed by atoms with van der Waals surface area (Å²) in [6.45, 7) is -0.160. The highest BCUT2D eigenvalue weighted by molar-refractivity contribution is 5.79. The lowest BCUT2D eigenvalue weighted by molar-refractivity contribution is -0.138. The maximum absolute atomic E-state index is 13.0. The smallest absolute Gasteiger partial charge is 0.407 e. The molecule has 2 aliphatic carbocycles. The number of fused-ring (bicyclic) bond motifs is 3. The molecule has 0 bridgehead atoms. The molecule has 3 aromatic rings. The number of ether oxygens (including phenoxy) is 1.